The van der Waals surface area contributed by atoms with Gasteiger partial charge in [-0.05, 0) is 6.92 Å². The van der Waals surface area contributed by atoms with Gasteiger partial charge in [0.15, 0.2) is 5.82 Å². The van der Waals surface area contributed by atoms with Crippen LogP contribution < -0.4 is 16.6 Å². The number of anilines is 2. The van der Waals surface area contributed by atoms with Crippen molar-refractivity contribution in [3.63, 3.8) is 0 Å². The van der Waals surface area contributed by atoms with Gasteiger partial charge in [-0.2, -0.15) is 4.98 Å². The fourth-order valence-corrected chi connectivity index (χ4v) is 1.57. The highest BCUT2D eigenvalue weighted by atomic mass is 35.5. The zero-order valence-electron chi connectivity index (χ0n) is 9.62. The fourth-order valence-electron chi connectivity index (χ4n) is 1.41. The molecule has 0 aliphatic rings. The Morgan fingerprint density at radius 2 is 2.22 bits per heavy atom. The Labute approximate surface area is 107 Å². The number of rotatable bonds is 4. The topological polar surface area (TPSA) is 125 Å². The number of aromatic nitrogens is 5. The fraction of sp³-hybridized carbons (Fsp3) is 0.333. The van der Waals surface area contributed by atoms with E-state index in [2.05, 4.69) is 30.5 Å². The van der Waals surface area contributed by atoms with E-state index in [1.54, 1.807) is 6.92 Å². The van der Waals surface area contributed by atoms with Crippen molar-refractivity contribution in [1.29, 1.82) is 0 Å². The van der Waals surface area contributed by atoms with E-state index in [4.69, 9.17) is 17.3 Å². The minimum Gasteiger partial charge on any atom is -0.368 e. The molecule has 9 heteroatoms. The quantitative estimate of drug-likeness (QED) is 0.623. The van der Waals surface area contributed by atoms with Crippen LogP contribution in [0.15, 0.2) is 4.79 Å². The Morgan fingerprint density at radius 3 is 2.89 bits per heavy atom. The Morgan fingerprint density at radius 1 is 1.44 bits per heavy atom. The van der Waals surface area contributed by atoms with Crippen LogP contribution in [-0.4, -0.2) is 31.7 Å². The molecule has 2 heterocycles. The first-order valence-corrected chi connectivity index (χ1v) is 5.61. The average molecular weight is 270 g/mol. The second-order valence-corrected chi connectivity index (χ2v) is 4.01. The number of hydrogen-bond acceptors (Lipinski definition) is 6. The van der Waals surface area contributed by atoms with Crippen LogP contribution in [0.2, 0.25) is 5.02 Å². The molecule has 2 aromatic rings. The summed E-state index contributed by atoms with van der Waals surface area (Å²) in [7, 11) is 0. The summed E-state index contributed by atoms with van der Waals surface area (Å²) < 4.78 is 0. The van der Waals surface area contributed by atoms with Crippen LogP contribution in [0.25, 0.3) is 0 Å². The molecule has 0 aliphatic carbocycles. The van der Waals surface area contributed by atoms with E-state index in [1.807, 2.05) is 0 Å². The second kappa shape index (κ2) is 5.05. The van der Waals surface area contributed by atoms with Crippen molar-refractivity contribution in [2.24, 2.45) is 0 Å². The number of nitrogens with zero attached hydrogens (tertiary/aromatic N) is 3. The lowest BCUT2D eigenvalue weighted by molar-refractivity contribution is 0.891. The zero-order chi connectivity index (χ0) is 13.1. The van der Waals surface area contributed by atoms with Crippen LogP contribution in [0.4, 0.5) is 11.8 Å². The Hall–Kier alpha value is -2.09. The van der Waals surface area contributed by atoms with Gasteiger partial charge in [0.25, 0.3) is 5.56 Å². The normalized spacial score (nSPS) is 10.6. The summed E-state index contributed by atoms with van der Waals surface area (Å²) in [6, 6.07) is 0. The van der Waals surface area contributed by atoms with Crippen molar-refractivity contribution < 1.29 is 0 Å². The summed E-state index contributed by atoms with van der Waals surface area (Å²) in [4.78, 5) is 21.9. The molecule has 8 nitrogen and oxygen atoms in total. The third kappa shape index (κ3) is 2.77. The molecule has 0 fully saturated rings. The molecule has 96 valence electrons. The molecule has 0 bridgehead atoms. The molecular weight excluding hydrogens is 258 g/mol. The molecule has 0 saturated heterocycles. The average Bonchev–Trinajstić information content (AvgIpc) is 2.71. The standard InChI is InChI=1S/C9H12ClN7O/c1-4-13-7(6(10)8(18)14-4)12-3-2-5-15-9(11)17-16-5/h2-3H2,1H3,(H3,11,15,16,17)(H2,12,13,14,18). The summed E-state index contributed by atoms with van der Waals surface area (Å²) >= 11 is 5.83. The lowest BCUT2D eigenvalue weighted by Gasteiger charge is -2.06. The van der Waals surface area contributed by atoms with E-state index in [-0.39, 0.29) is 16.5 Å². The molecule has 2 rings (SSSR count). The van der Waals surface area contributed by atoms with Gasteiger partial charge in [0.05, 0.1) is 0 Å². The highest BCUT2D eigenvalue weighted by Crippen LogP contribution is 2.13. The Balaban J connectivity index is 2.00. The Bertz CT molecular complexity index is 605. The van der Waals surface area contributed by atoms with Crippen LogP contribution in [0, 0.1) is 6.92 Å². The first kappa shape index (κ1) is 12.4. The van der Waals surface area contributed by atoms with Gasteiger partial charge in [-0.25, -0.2) is 4.98 Å². The number of hydrogen-bond donors (Lipinski definition) is 4. The van der Waals surface area contributed by atoms with E-state index in [9.17, 15) is 4.79 Å². The number of aromatic amines is 2. The number of H-pyrrole nitrogens is 2. The van der Waals surface area contributed by atoms with Gasteiger partial charge >= 0.3 is 0 Å². The van der Waals surface area contributed by atoms with E-state index >= 15 is 0 Å². The zero-order valence-corrected chi connectivity index (χ0v) is 10.4. The van der Waals surface area contributed by atoms with Crippen LogP contribution in [0.1, 0.15) is 11.6 Å². The maximum Gasteiger partial charge on any atom is 0.271 e. The molecule has 0 amide bonds. The summed E-state index contributed by atoms with van der Waals surface area (Å²) in [6.07, 6.45) is 0.564. The molecule has 0 radical (unpaired) electrons. The minimum atomic E-state index is -0.365. The molecule has 0 atom stereocenters. The number of nitrogen functional groups attached to an aromatic ring is 1. The van der Waals surface area contributed by atoms with Crippen LogP contribution in [0.5, 0.6) is 0 Å². The number of halogens is 1. The third-order valence-electron chi connectivity index (χ3n) is 2.18. The third-order valence-corrected chi connectivity index (χ3v) is 2.54. The second-order valence-electron chi connectivity index (χ2n) is 3.63. The van der Waals surface area contributed by atoms with Crippen molar-refractivity contribution in [3.8, 4) is 0 Å². The van der Waals surface area contributed by atoms with Crippen molar-refractivity contribution in [1.82, 2.24) is 25.1 Å². The first-order chi connectivity index (χ1) is 8.56. The predicted molar refractivity (Wildman–Crippen MR) is 67.6 cm³/mol. The van der Waals surface area contributed by atoms with Crippen molar-refractivity contribution in [2.45, 2.75) is 13.3 Å². The number of nitrogens with two attached hydrogens (primary N) is 1. The van der Waals surface area contributed by atoms with E-state index in [0.717, 1.165) is 0 Å². The van der Waals surface area contributed by atoms with E-state index in [0.29, 0.717) is 30.4 Å². The molecule has 0 unspecified atom stereocenters. The van der Waals surface area contributed by atoms with Gasteiger partial charge in [0.1, 0.15) is 16.7 Å². The molecule has 2 aromatic heterocycles. The highest BCUT2D eigenvalue weighted by molar-refractivity contribution is 6.32. The van der Waals surface area contributed by atoms with Gasteiger partial charge in [0.2, 0.25) is 5.95 Å². The van der Waals surface area contributed by atoms with Gasteiger partial charge < -0.3 is 16.0 Å². The molecule has 0 saturated carbocycles. The molecule has 0 aliphatic heterocycles. The Kier molecular flexibility index (Phi) is 3.47. The number of nitrogens with one attached hydrogen (secondary N) is 3. The monoisotopic (exact) mass is 269 g/mol. The van der Waals surface area contributed by atoms with E-state index in [1.165, 1.54) is 0 Å². The largest absolute Gasteiger partial charge is 0.368 e. The summed E-state index contributed by atoms with van der Waals surface area (Å²) in [5, 5.41) is 9.39. The van der Waals surface area contributed by atoms with Crippen molar-refractivity contribution >= 4 is 23.4 Å². The highest BCUT2D eigenvalue weighted by Gasteiger charge is 2.07. The van der Waals surface area contributed by atoms with Gasteiger partial charge in [-0.15, -0.1) is 5.10 Å². The van der Waals surface area contributed by atoms with Gasteiger partial charge in [0, 0.05) is 13.0 Å². The summed E-state index contributed by atoms with van der Waals surface area (Å²) in [6.45, 7) is 2.18. The molecule has 18 heavy (non-hydrogen) atoms. The molecule has 0 spiro atoms. The molecule has 5 N–H and O–H groups in total. The predicted octanol–water partition coefficient (Wildman–Crippen LogP) is 0.0866. The van der Waals surface area contributed by atoms with Crippen LogP contribution in [-0.2, 0) is 6.42 Å². The maximum absolute atomic E-state index is 11.4. The lowest BCUT2D eigenvalue weighted by Crippen LogP contribution is -2.16. The first-order valence-electron chi connectivity index (χ1n) is 5.23. The summed E-state index contributed by atoms with van der Waals surface area (Å²) in [5.74, 6) is 1.70. The van der Waals surface area contributed by atoms with Crippen LogP contribution in [0.3, 0.4) is 0 Å². The van der Waals surface area contributed by atoms with Crippen molar-refractivity contribution in [2.75, 3.05) is 17.6 Å². The lowest BCUT2D eigenvalue weighted by atomic mass is 10.4. The van der Waals surface area contributed by atoms with Gasteiger partial charge in [-0.3, -0.25) is 9.89 Å². The molecular formula is C9H12ClN7O. The van der Waals surface area contributed by atoms with E-state index < -0.39 is 0 Å². The SMILES string of the molecule is Cc1nc(NCCc2nc(N)n[nH]2)c(Cl)c(=O)[nH]1. The summed E-state index contributed by atoms with van der Waals surface area (Å²) in [5.41, 5.74) is 5.01. The minimum absolute atomic E-state index is 0.0395. The maximum atomic E-state index is 11.4. The number of aryl methyl sites for hydroxylation is 1. The smallest absolute Gasteiger partial charge is 0.271 e. The van der Waals surface area contributed by atoms with Crippen LogP contribution >= 0.6 is 11.6 Å². The van der Waals surface area contributed by atoms with Crippen molar-refractivity contribution in [3.05, 3.63) is 27.0 Å². The van der Waals surface area contributed by atoms with Gasteiger partial charge in [-0.1, -0.05) is 11.6 Å². The molecule has 0 aromatic carbocycles.